The number of hydrogen-bond donors (Lipinski definition) is 0. The predicted molar refractivity (Wildman–Crippen MR) is 121 cm³/mol. The lowest BCUT2D eigenvalue weighted by atomic mass is 10.1. The molecule has 1 heterocycles. The fourth-order valence-electron chi connectivity index (χ4n) is 4.58. The second-order valence-corrected chi connectivity index (χ2v) is 14.4. The molecule has 0 saturated carbocycles. The average molecular weight is 397 g/mol. The van der Waals surface area contributed by atoms with E-state index < -0.39 is 8.07 Å². The van der Waals surface area contributed by atoms with Crippen molar-refractivity contribution in [3.8, 4) is 23.8 Å². The number of ether oxygens (including phenoxy) is 2. The van der Waals surface area contributed by atoms with Gasteiger partial charge in [-0.3, -0.25) is 0 Å². The van der Waals surface area contributed by atoms with E-state index in [1.54, 1.807) is 0 Å². The number of hydrogen-bond acceptors (Lipinski definition) is 2. The molecule has 2 rings (SSSR count). The molecule has 1 saturated heterocycles. The molecule has 0 amide bonds. The normalized spacial score (nSPS) is 17.5. The van der Waals surface area contributed by atoms with Crippen molar-refractivity contribution in [1.82, 2.24) is 0 Å². The number of rotatable bonds is 6. The van der Waals surface area contributed by atoms with E-state index in [1.165, 1.54) is 0 Å². The fraction of sp³-hybridized carbons (Fsp3) is 0.600. The van der Waals surface area contributed by atoms with Gasteiger partial charge in [0.25, 0.3) is 0 Å². The molecular formula is C25H36O2Si. The summed E-state index contributed by atoms with van der Waals surface area (Å²) in [5, 5.41) is 0. The van der Waals surface area contributed by atoms with Crippen LogP contribution in [0.1, 0.15) is 77.5 Å². The minimum absolute atomic E-state index is 0.0966. The maximum absolute atomic E-state index is 5.95. The van der Waals surface area contributed by atoms with Gasteiger partial charge in [0.15, 0.2) is 6.29 Å². The lowest BCUT2D eigenvalue weighted by Gasteiger charge is -2.38. The lowest BCUT2D eigenvalue weighted by molar-refractivity contribution is -0.168. The zero-order valence-electron chi connectivity index (χ0n) is 18.5. The Labute approximate surface area is 173 Å². The Morgan fingerprint density at radius 1 is 1.04 bits per heavy atom. The van der Waals surface area contributed by atoms with Gasteiger partial charge in [-0.05, 0) is 59.6 Å². The maximum atomic E-state index is 5.95. The van der Waals surface area contributed by atoms with Crippen molar-refractivity contribution in [2.45, 2.75) is 90.3 Å². The minimum Gasteiger partial charge on any atom is -0.353 e. The SMILES string of the molecule is C#Cc1cc(C#C[Si](C(C)C)(C(C)C)C(C)C)cc(COC2CCCCO2)c1. The van der Waals surface area contributed by atoms with E-state index in [1.807, 2.05) is 12.1 Å². The fourth-order valence-corrected chi connectivity index (χ4v) is 9.80. The van der Waals surface area contributed by atoms with Crippen LogP contribution in [0.4, 0.5) is 0 Å². The van der Waals surface area contributed by atoms with Crippen LogP contribution < -0.4 is 0 Å². The molecule has 152 valence electrons. The molecule has 1 aliphatic heterocycles. The van der Waals surface area contributed by atoms with E-state index >= 15 is 0 Å². The van der Waals surface area contributed by atoms with Gasteiger partial charge in [0.1, 0.15) is 8.07 Å². The molecule has 0 aromatic heterocycles. The highest BCUT2D eigenvalue weighted by Crippen LogP contribution is 2.40. The zero-order chi connectivity index (χ0) is 20.7. The minimum atomic E-state index is -1.76. The smallest absolute Gasteiger partial charge is 0.158 e. The summed E-state index contributed by atoms with van der Waals surface area (Å²) in [6.07, 6.45) is 8.86. The Morgan fingerprint density at radius 2 is 1.68 bits per heavy atom. The molecule has 0 radical (unpaired) electrons. The van der Waals surface area contributed by atoms with Gasteiger partial charge in [0.05, 0.1) is 6.61 Å². The number of benzene rings is 1. The Morgan fingerprint density at radius 3 is 2.21 bits per heavy atom. The highest BCUT2D eigenvalue weighted by atomic mass is 28.3. The first-order valence-electron chi connectivity index (χ1n) is 10.7. The molecule has 2 nitrogen and oxygen atoms in total. The molecule has 0 spiro atoms. The van der Waals surface area contributed by atoms with Crippen LogP contribution in [0.25, 0.3) is 0 Å². The monoisotopic (exact) mass is 396 g/mol. The summed E-state index contributed by atoms with van der Waals surface area (Å²) in [4.78, 5) is 0. The van der Waals surface area contributed by atoms with E-state index in [9.17, 15) is 0 Å². The van der Waals surface area contributed by atoms with E-state index in [0.29, 0.717) is 23.2 Å². The van der Waals surface area contributed by atoms with Gasteiger partial charge < -0.3 is 9.47 Å². The summed E-state index contributed by atoms with van der Waals surface area (Å²) in [5.41, 5.74) is 8.55. The van der Waals surface area contributed by atoms with E-state index in [2.05, 4.69) is 65.0 Å². The lowest BCUT2D eigenvalue weighted by Crippen LogP contribution is -2.43. The zero-order valence-corrected chi connectivity index (χ0v) is 19.5. The summed E-state index contributed by atoms with van der Waals surface area (Å²) in [7, 11) is -1.76. The molecule has 1 aromatic rings. The summed E-state index contributed by atoms with van der Waals surface area (Å²) in [6.45, 7) is 15.3. The van der Waals surface area contributed by atoms with Crippen molar-refractivity contribution in [2.24, 2.45) is 0 Å². The van der Waals surface area contributed by atoms with Crippen LogP contribution in [0, 0.1) is 23.8 Å². The largest absolute Gasteiger partial charge is 0.353 e. The third-order valence-electron chi connectivity index (χ3n) is 6.02. The maximum Gasteiger partial charge on any atom is 0.158 e. The molecule has 28 heavy (non-hydrogen) atoms. The Bertz CT molecular complexity index is 718. The van der Waals surface area contributed by atoms with Crippen molar-refractivity contribution in [1.29, 1.82) is 0 Å². The Hall–Kier alpha value is -1.52. The van der Waals surface area contributed by atoms with Gasteiger partial charge in [-0.2, -0.15) is 0 Å². The van der Waals surface area contributed by atoms with Gasteiger partial charge in [-0.15, -0.1) is 12.0 Å². The van der Waals surface area contributed by atoms with Crippen LogP contribution in [0.15, 0.2) is 18.2 Å². The van der Waals surface area contributed by atoms with Crippen LogP contribution in [0.5, 0.6) is 0 Å². The van der Waals surface area contributed by atoms with Crippen molar-refractivity contribution in [2.75, 3.05) is 6.61 Å². The molecule has 1 aromatic carbocycles. The molecule has 0 N–H and O–H groups in total. The van der Waals surface area contributed by atoms with Gasteiger partial charge >= 0.3 is 0 Å². The summed E-state index contributed by atoms with van der Waals surface area (Å²) in [6, 6.07) is 6.16. The Kier molecular flexibility index (Phi) is 8.38. The highest BCUT2D eigenvalue weighted by molar-refractivity contribution is 6.90. The second kappa shape index (κ2) is 10.3. The molecule has 3 heteroatoms. The third-order valence-corrected chi connectivity index (χ3v) is 12.3. The molecule has 1 unspecified atom stereocenters. The number of terminal acetylenes is 1. The first kappa shape index (κ1) is 22.8. The van der Waals surface area contributed by atoms with Crippen molar-refractivity contribution in [3.63, 3.8) is 0 Å². The van der Waals surface area contributed by atoms with E-state index in [0.717, 1.165) is 42.6 Å². The van der Waals surface area contributed by atoms with E-state index in [-0.39, 0.29) is 6.29 Å². The summed E-state index contributed by atoms with van der Waals surface area (Å²) in [5.74, 6) is 6.28. The van der Waals surface area contributed by atoms with Gasteiger partial charge in [-0.1, -0.05) is 53.4 Å². The van der Waals surface area contributed by atoms with E-state index in [4.69, 9.17) is 15.9 Å². The second-order valence-electron chi connectivity index (χ2n) is 8.82. The molecular weight excluding hydrogens is 360 g/mol. The topological polar surface area (TPSA) is 18.5 Å². The van der Waals surface area contributed by atoms with Crippen LogP contribution in [-0.4, -0.2) is 21.0 Å². The first-order valence-corrected chi connectivity index (χ1v) is 12.9. The van der Waals surface area contributed by atoms with Gasteiger partial charge in [0, 0.05) is 17.7 Å². The van der Waals surface area contributed by atoms with Gasteiger partial charge in [-0.25, -0.2) is 0 Å². The molecule has 0 aliphatic carbocycles. The van der Waals surface area contributed by atoms with Crippen LogP contribution in [-0.2, 0) is 16.1 Å². The molecule has 1 aliphatic rings. The predicted octanol–water partition coefficient (Wildman–Crippen LogP) is 6.28. The Balaban J connectivity index is 2.28. The third kappa shape index (κ3) is 5.51. The first-order chi connectivity index (χ1) is 13.3. The highest BCUT2D eigenvalue weighted by Gasteiger charge is 2.41. The average Bonchev–Trinajstić information content (AvgIpc) is 2.66. The molecule has 1 fully saturated rings. The molecule has 0 bridgehead atoms. The standard InChI is InChI=1S/C25H36O2Si/c1-8-22-15-23(12-14-28(19(2)3,20(4)5)21(6)7)17-24(16-22)18-27-25-11-9-10-13-26-25/h1,15-17,19-21,25H,9-11,13,18H2,2-7H3. The summed E-state index contributed by atoms with van der Waals surface area (Å²) >= 11 is 0. The summed E-state index contributed by atoms with van der Waals surface area (Å²) < 4.78 is 11.6. The molecule has 1 atom stereocenters. The van der Waals surface area contributed by atoms with Crippen molar-refractivity contribution in [3.05, 3.63) is 34.9 Å². The van der Waals surface area contributed by atoms with Crippen molar-refractivity contribution >= 4 is 8.07 Å². The van der Waals surface area contributed by atoms with Crippen LogP contribution >= 0.6 is 0 Å². The van der Waals surface area contributed by atoms with Crippen LogP contribution in [0.3, 0.4) is 0 Å². The van der Waals surface area contributed by atoms with Crippen molar-refractivity contribution < 1.29 is 9.47 Å². The van der Waals surface area contributed by atoms with Gasteiger partial charge in [0.2, 0.25) is 0 Å². The van der Waals surface area contributed by atoms with Crippen LogP contribution in [0.2, 0.25) is 16.6 Å². The quantitative estimate of drug-likeness (QED) is 0.416.